The van der Waals surface area contributed by atoms with Gasteiger partial charge in [0.15, 0.2) is 5.76 Å². The number of aromatic nitrogens is 1. The van der Waals surface area contributed by atoms with Gasteiger partial charge in [0.1, 0.15) is 0 Å². The van der Waals surface area contributed by atoms with Gasteiger partial charge >= 0.3 is 5.97 Å². The van der Waals surface area contributed by atoms with Crippen molar-refractivity contribution in [3.63, 3.8) is 0 Å². The van der Waals surface area contributed by atoms with Gasteiger partial charge in [-0.1, -0.05) is 11.6 Å². The Bertz CT molecular complexity index is 595. The monoisotopic (exact) mass is 308 g/mol. The standard InChI is InChI=1S/C15H17ClN2O3/c1-3-20-15(19)10-18(2)9-14-17-8-13(21-14)11-4-6-12(16)7-5-11/h4-8H,3,9-10H2,1-2H3. The molecule has 0 atom stereocenters. The second-order valence-electron chi connectivity index (χ2n) is 4.60. The maximum Gasteiger partial charge on any atom is 0.320 e. The minimum atomic E-state index is -0.260. The van der Waals surface area contributed by atoms with Gasteiger partial charge in [-0.15, -0.1) is 0 Å². The molecule has 0 spiro atoms. The molecule has 0 radical (unpaired) electrons. The molecule has 2 aromatic rings. The van der Waals surface area contributed by atoms with Crippen LogP contribution in [-0.4, -0.2) is 36.1 Å². The van der Waals surface area contributed by atoms with Crippen LogP contribution in [0.1, 0.15) is 12.8 Å². The molecule has 2 rings (SSSR count). The Balaban J connectivity index is 1.96. The highest BCUT2D eigenvalue weighted by atomic mass is 35.5. The van der Waals surface area contributed by atoms with E-state index in [4.69, 9.17) is 20.8 Å². The van der Waals surface area contributed by atoms with Gasteiger partial charge in [-0.2, -0.15) is 0 Å². The molecule has 0 fully saturated rings. The van der Waals surface area contributed by atoms with Crippen molar-refractivity contribution in [1.82, 2.24) is 9.88 Å². The van der Waals surface area contributed by atoms with Crippen LogP contribution in [0.5, 0.6) is 0 Å². The molecule has 1 aromatic carbocycles. The third-order valence-corrected chi connectivity index (χ3v) is 3.04. The molecule has 5 nitrogen and oxygen atoms in total. The summed E-state index contributed by atoms with van der Waals surface area (Å²) in [6.07, 6.45) is 1.66. The first kappa shape index (κ1) is 15.5. The Morgan fingerprint density at radius 2 is 2.10 bits per heavy atom. The number of hydrogen-bond acceptors (Lipinski definition) is 5. The lowest BCUT2D eigenvalue weighted by Gasteiger charge is -2.12. The lowest BCUT2D eigenvalue weighted by atomic mass is 10.2. The lowest BCUT2D eigenvalue weighted by Crippen LogP contribution is -2.27. The fraction of sp³-hybridized carbons (Fsp3) is 0.333. The van der Waals surface area contributed by atoms with E-state index in [1.54, 1.807) is 30.2 Å². The smallest absolute Gasteiger partial charge is 0.320 e. The molecule has 0 saturated heterocycles. The number of nitrogens with zero attached hydrogens (tertiary/aromatic N) is 2. The van der Waals surface area contributed by atoms with Gasteiger partial charge in [0.2, 0.25) is 5.89 Å². The topological polar surface area (TPSA) is 55.6 Å². The van der Waals surface area contributed by atoms with E-state index in [1.807, 2.05) is 19.2 Å². The number of hydrogen-bond donors (Lipinski definition) is 0. The first-order valence-corrected chi connectivity index (χ1v) is 7.01. The molecular formula is C15H17ClN2O3. The molecule has 0 N–H and O–H groups in total. The van der Waals surface area contributed by atoms with Crippen molar-refractivity contribution in [2.45, 2.75) is 13.5 Å². The molecule has 0 amide bonds. The molecule has 0 aliphatic heterocycles. The molecule has 6 heteroatoms. The maximum atomic E-state index is 11.4. The number of ether oxygens (including phenoxy) is 1. The number of carbonyl (C=O) groups excluding carboxylic acids is 1. The van der Waals surface area contributed by atoms with Gasteiger partial charge in [0.25, 0.3) is 0 Å². The zero-order chi connectivity index (χ0) is 15.2. The van der Waals surface area contributed by atoms with E-state index >= 15 is 0 Å². The molecular weight excluding hydrogens is 292 g/mol. The minimum absolute atomic E-state index is 0.201. The van der Waals surface area contributed by atoms with E-state index in [2.05, 4.69) is 4.98 Å². The van der Waals surface area contributed by atoms with Crippen LogP contribution in [0.4, 0.5) is 0 Å². The van der Waals surface area contributed by atoms with Crippen LogP contribution in [0.3, 0.4) is 0 Å². The number of rotatable bonds is 6. The van der Waals surface area contributed by atoms with E-state index in [9.17, 15) is 4.79 Å². The van der Waals surface area contributed by atoms with Crippen molar-refractivity contribution in [1.29, 1.82) is 0 Å². The number of likely N-dealkylation sites (N-methyl/N-ethyl adjacent to an activating group) is 1. The molecule has 0 saturated carbocycles. The Labute approximate surface area is 128 Å². The van der Waals surface area contributed by atoms with E-state index < -0.39 is 0 Å². The highest BCUT2D eigenvalue weighted by Crippen LogP contribution is 2.22. The summed E-state index contributed by atoms with van der Waals surface area (Å²) in [7, 11) is 1.81. The summed E-state index contributed by atoms with van der Waals surface area (Å²) in [5.41, 5.74) is 0.909. The predicted molar refractivity (Wildman–Crippen MR) is 79.9 cm³/mol. The fourth-order valence-corrected chi connectivity index (χ4v) is 1.97. The van der Waals surface area contributed by atoms with E-state index in [0.29, 0.717) is 29.8 Å². The van der Waals surface area contributed by atoms with Crippen molar-refractivity contribution in [3.8, 4) is 11.3 Å². The molecule has 0 bridgehead atoms. The number of benzene rings is 1. The molecule has 1 aromatic heterocycles. The van der Waals surface area contributed by atoms with Crippen LogP contribution in [-0.2, 0) is 16.1 Å². The van der Waals surface area contributed by atoms with Crippen LogP contribution in [0, 0.1) is 0 Å². The van der Waals surface area contributed by atoms with Gasteiger partial charge < -0.3 is 9.15 Å². The summed E-state index contributed by atoms with van der Waals surface area (Å²) >= 11 is 5.85. The Morgan fingerprint density at radius 1 is 1.38 bits per heavy atom. The molecule has 1 heterocycles. The van der Waals surface area contributed by atoms with Crippen LogP contribution >= 0.6 is 11.6 Å². The quantitative estimate of drug-likeness (QED) is 0.768. The summed E-state index contributed by atoms with van der Waals surface area (Å²) < 4.78 is 10.6. The van der Waals surface area contributed by atoms with Crippen LogP contribution in [0.2, 0.25) is 5.02 Å². The molecule has 0 aliphatic rings. The normalized spacial score (nSPS) is 10.9. The molecule has 21 heavy (non-hydrogen) atoms. The van der Waals surface area contributed by atoms with Crippen LogP contribution in [0.25, 0.3) is 11.3 Å². The Morgan fingerprint density at radius 3 is 2.76 bits per heavy atom. The second-order valence-corrected chi connectivity index (χ2v) is 5.04. The van der Waals surface area contributed by atoms with Crippen LogP contribution in [0.15, 0.2) is 34.9 Å². The number of halogens is 1. The molecule has 0 aliphatic carbocycles. The van der Waals surface area contributed by atoms with Crippen molar-refractivity contribution < 1.29 is 13.9 Å². The first-order chi connectivity index (χ1) is 10.1. The Kier molecular flexibility index (Phi) is 5.36. The van der Waals surface area contributed by atoms with Crippen molar-refractivity contribution in [2.24, 2.45) is 0 Å². The third kappa shape index (κ3) is 4.58. The lowest BCUT2D eigenvalue weighted by molar-refractivity contribution is -0.144. The maximum absolute atomic E-state index is 11.4. The first-order valence-electron chi connectivity index (χ1n) is 6.63. The summed E-state index contributed by atoms with van der Waals surface area (Å²) in [5.74, 6) is 0.961. The van der Waals surface area contributed by atoms with E-state index in [1.165, 1.54) is 0 Å². The van der Waals surface area contributed by atoms with Gasteiger partial charge in [-0.05, 0) is 38.2 Å². The SMILES string of the molecule is CCOC(=O)CN(C)Cc1ncc(-c2ccc(Cl)cc2)o1. The van der Waals surface area contributed by atoms with E-state index in [0.717, 1.165) is 5.56 Å². The van der Waals surface area contributed by atoms with Gasteiger partial charge in [0, 0.05) is 10.6 Å². The zero-order valence-corrected chi connectivity index (χ0v) is 12.8. The highest BCUT2D eigenvalue weighted by molar-refractivity contribution is 6.30. The summed E-state index contributed by atoms with van der Waals surface area (Å²) in [5, 5.41) is 0.674. The summed E-state index contributed by atoms with van der Waals surface area (Å²) in [4.78, 5) is 17.4. The number of esters is 1. The van der Waals surface area contributed by atoms with Crippen molar-refractivity contribution in [2.75, 3.05) is 20.2 Å². The van der Waals surface area contributed by atoms with E-state index in [-0.39, 0.29) is 12.5 Å². The van der Waals surface area contributed by atoms with Gasteiger partial charge in [0.05, 0.1) is 25.9 Å². The largest absolute Gasteiger partial charge is 0.465 e. The number of oxazole rings is 1. The second kappa shape index (κ2) is 7.24. The Hall–Kier alpha value is -1.85. The van der Waals surface area contributed by atoms with Crippen molar-refractivity contribution in [3.05, 3.63) is 41.4 Å². The summed E-state index contributed by atoms with van der Waals surface area (Å²) in [6, 6.07) is 7.34. The van der Waals surface area contributed by atoms with Crippen LogP contribution < -0.4 is 0 Å². The zero-order valence-electron chi connectivity index (χ0n) is 12.0. The molecule has 112 valence electrons. The fourth-order valence-electron chi connectivity index (χ4n) is 1.84. The molecule has 0 unspecified atom stereocenters. The summed E-state index contributed by atoms with van der Waals surface area (Å²) in [6.45, 7) is 2.80. The third-order valence-electron chi connectivity index (χ3n) is 2.79. The number of carbonyl (C=O) groups is 1. The predicted octanol–water partition coefficient (Wildman–Crippen LogP) is 2.99. The minimum Gasteiger partial charge on any atom is -0.465 e. The average Bonchev–Trinajstić information content (AvgIpc) is 2.88. The highest BCUT2D eigenvalue weighted by Gasteiger charge is 2.12. The van der Waals surface area contributed by atoms with Crippen molar-refractivity contribution >= 4 is 17.6 Å². The average molecular weight is 309 g/mol. The van der Waals surface area contributed by atoms with Gasteiger partial charge in [-0.25, -0.2) is 4.98 Å². The van der Waals surface area contributed by atoms with Gasteiger partial charge in [-0.3, -0.25) is 9.69 Å².